The summed E-state index contributed by atoms with van der Waals surface area (Å²) < 4.78 is 1.88. The maximum Gasteiger partial charge on any atom is 0.168 e. The Hall–Kier alpha value is -2.43. The van der Waals surface area contributed by atoms with Crippen molar-refractivity contribution in [3.05, 3.63) is 42.9 Å². The second-order valence-electron chi connectivity index (χ2n) is 5.86. The summed E-state index contributed by atoms with van der Waals surface area (Å²) in [4.78, 5) is 11.4. The van der Waals surface area contributed by atoms with E-state index in [9.17, 15) is 0 Å². The number of nitrogens with zero attached hydrogens (tertiary/aromatic N) is 5. The summed E-state index contributed by atoms with van der Waals surface area (Å²) in [6, 6.07) is 10.6. The summed E-state index contributed by atoms with van der Waals surface area (Å²) in [5, 5.41) is 5.56. The Morgan fingerprint density at radius 2 is 1.95 bits per heavy atom. The fraction of sp³-hybridized carbons (Fsp3) is 0.353. The number of fused-ring (bicyclic) bond motifs is 1. The number of piperidine rings is 1. The number of hydrogen-bond donors (Lipinski definition) is 0. The molecule has 0 N–H and O–H groups in total. The van der Waals surface area contributed by atoms with Crippen LogP contribution in [0.5, 0.6) is 0 Å². The quantitative estimate of drug-likeness (QED) is 0.728. The second kappa shape index (κ2) is 5.40. The average molecular weight is 293 g/mol. The van der Waals surface area contributed by atoms with Gasteiger partial charge in [-0.25, -0.2) is 14.6 Å². The highest BCUT2D eigenvalue weighted by molar-refractivity contribution is 5.87. The van der Waals surface area contributed by atoms with Gasteiger partial charge in [0.05, 0.1) is 17.3 Å². The molecule has 1 fully saturated rings. The van der Waals surface area contributed by atoms with Gasteiger partial charge in [-0.2, -0.15) is 5.10 Å². The smallest absolute Gasteiger partial charge is 0.168 e. The SMILES string of the molecule is C[C@H]1CCCCN1c1ncnc2c1cnn2-c1ccccc1. The van der Waals surface area contributed by atoms with Crippen LogP contribution in [-0.2, 0) is 0 Å². The predicted octanol–water partition coefficient (Wildman–Crippen LogP) is 3.19. The lowest BCUT2D eigenvalue weighted by Gasteiger charge is -2.34. The summed E-state index contributed by atoms with van der Waals surface area (Å²) in [7, 11) is 0. The minimum Gasteiger partial charge on any atom is -0.353 e. The van der Waals surface area contributed by atoms with E-state index in [1.54, 1.807) is 6.33 Å². The number of aromatic nitrogens is 4. The van der Waals surface area contributed by atoms with Gasteiger partial charge in [0.15, 0.2) is 5.65 Å². The molecule has 4 rings (SSSR count). The van der Waals surface area contributed by atoms with E-state index >= 15 is 0 Å². The summed E-state index contributed by atoms with van der Waals surface area (Å²) in [6.07, 6.45) is 7.29. The van der Waals surface area contributed by atoms with E-state index < -0.39 is 0 Å². The molecular formula is C17H19N5. The average Bonchev–Trinajstić information content (AvgIpc) is 3.00. The summed E-state index contributed by atoms with van der Waals surface area (Å²) in [6.45, 7) is 3.33. The van der Waals surface area contributed by atoms with E-state index in [2.05, 4.69) is 26.9 Å². The van der Waals surface area contributed by atoms with Crippen LogP contribution in [0.4, 0.5) is 5.82 Å². The fourth-order valence-corrected chi connectivity index (χ4v) is 3.23. The minimum atomic E-state index is 0.520. The lowest BCUT2D eigenvalue weighted by atomic mass is 10.0. The molecule has 1 atom stereocenters. The summed E-state index contributed by atoms with van der Waals surface area (Å²) >= 11 is 0. The molecule has 1 aromatic carbocycles. The van der Waals surface area contributed by atoms with Crippen LogP contribution >= 0.6 is 0 Å². The highest BCUT2D eigenvalue weighted by Crippen LogP contribution is 2.29. The van der Waals surface area contributed by atoms with Crippen molar-refractivity contribution in [3.8, 4) is 5.69 Å². The standard InChI is InChI=1S/C17H19N5/c1-13-7-5-6-10-21(13)16-15-11-20-22(17(15)19-12-18-16)14-8-3-2-4-9-14/h2-4,8-9,11-13H,5-7,10H2,1H3/t13-/m0/s1. The van der Waals surface area contributed by atoms with Gasteiger partial charge < -0.3 is 4.90 Å². The molecule has 1 saturated heterocycles. The normalized spacial score (nSPS) is 18.8. The molecule has 0 bridgehead atoms. The maximum atomic E-state index is 4.55. The lowest BCUT2D eigenvalue weighted by molar-refractivity contribution is 0.482. The van der Waals surface area contributed by atoms with Crippen LogP contribution < -0.4 is 4.90 Å². The van der Waals surface area contributed by atoms with Gasteiger partial charge in [-0.15, -0.1) is 0 Å². The van der Waals surface area contributed by atoms with Crippen molar-refractivity contribution in [2.75, 3.05) is 11.4 Å². The van der Waals surface area contributed by atoms with Gasteiger partial charge in [0.2, 0.25) is 0 Å². The largest absolute Gasteiger partial charge is 0.353 e. The van der Waals surface area contributed by atoms with E-state index in [-0.39, 0.29) is 0 Å². The highest BCUT2D eigenvalue weighted by Gasteiger charge is 2.23. The first-order chi connectivity index (χ1) is 10.8. The predicted molar refractivity (Wildman–Crippen MR) is 87.3 cm³/mol. The molecule has 3 heterocycles. The molecule has 0 radical (unpaired) electrons. The fourth-order valence-electron chi connectivity index (χ4n) is 3.23. The topological polar surface area (TPSA) is 46.8 Å². The Morgan fingerprint density at radius 3 is 2.77 bits per heavy atom. The van der Waals surface area contributed by atoms with Crippen LogP contribution in [0.15, 0.2) is 42.9 Å². The van der Waals surface area contributed by atoms with E-state index in [0.29, 0.717) is 6.04 Å². The third-order valence-corrected chi connectivity index (χ3v) is 4.42. The zero-order valence-electron chi connectivity index (χ0n) is 12.7. The van der Waals surface area contributed by atoms with Crippen molar-refractivity contribution in [2.24, 2.45) is 0 Å². The van der Waals surface area contributed by atoms with Gasteiger partial charge in [0, 0.05) is 12.6 Å². The van der Waals surface area contributed by atoms with Crippen molar-refractivity contribution >= 4 is 16.9 Å². The molecule has 1 aliphatic heterocycles. The van der Waals surface area contributed by atoms with E-state index in [0.717, 1.165) is 29.1 Å². The molecule has 3 aromatic rings. The molecule has 22 heavy (non-hydrogen) atoms. The van der Waals surface area contributed by atoms with Crippen LogP contribution in [0.3, 0.4) is 0 Å². The zero-order chi connectivity index (χ0) is 14.9. The molecule has 0 unspecified atom stereocenters. The molecule has 0 spiro atoms. The minimum absolute atomic E-state index is 0.520. The van der Waals surface area contributed by atoms with Gasteiger partial charge in [-0.05, 0) is 38.3 Å². The van der Waals surface area contributed by atoms with Crippen LogP contribution in [0.25, 0.3) is 16.7 Å². The first-order valence-electron chi connectivity index (χ1n) is 7.85. The first-order valence-corrected chi connectivity index (χ1v) is 7.85. The third-order valence-electron chi connectivity index (χ3n) is 4.42. The monoisotopic (exact) mass is 293 g/mol. The number of benzene rings is 1. The molecular weight excluding hydrogens is 274 g/mol. The number of rotatable bonds is 2. The Labute approximate surface area is 129 Å². The summed E-state index contributed by atoms with van der Waals surface area (Å²) in [5.74, 6) is 1.01. The van der Waals surface area contributed by atoms with Gasteiger partial charge in [0.1, 0.15) is 12.1 Å². The molecule has 0 amide bonds. The summed E-state index contributed by atoms with van der Waals surface area (Å²) in [5.41, 5.74) is 1.89. The van der Waals surface area contributed by atoms with Gasteiger partial charge in [-0.3, -0.25) is 0 Å². The van der Waals surface area contributed by atoms with E-state index in [1.165, 1.54) is 19.3 Å². The first kappa shape index (κ1) is 13.2. The number of para-hydroxylation sites is 1. The van der Waals surface area contributed by atoms with Crippen LogP contribution in [0.2, 0.25) is 0 Å². The van der Waals surface area contributed by atoms with Crippen molar-refractivity contribution in [3.63, 3.8) is 0 Å². The zero-order valence-corrected chi connectivity index (χ0v) is 12.7. The van der Waals surface area contributed by atoms with Gasteiger partial charge in [-0.1, -0.05) is 18.2 Å². The highest BCUT2D eigenvalue weighted by atomic mass is 15.3. The molecule has 112 valence electrons. The Balaban J connectivity index is 1.83. The Morgan fingerprint density at radius 1 is 1.09 bits per heavy atom. The molecule has 5 heteroatoms. The van der Waals surface area contributed by atoms with Crippen molar-refractivity contribution in [2.45, 2.75) is 32.2 Å². The number of hydrogen-bond acceptors (Lipinski definition) is 4. The van der Waals surface area contributed by atoms with Crippen LogP contribution in [0.1, 0.15) is 26.2 Å². The van der Waals surface area contributed by atoms with Crippen molar-refractivity contribution < 1.29 is 0 Å². The van der Waals surface area contributed by atoms with Gasteiger partial charge >= 0.3 is 0 Å². The lowest BCUT2D eigenvalue weighted by Crippen LogP contribution is -2.38. The number of anilines is 1. The van der Waals surface area contributed by atoms with Crippen LogP contribution in [0, 0.1) is 0 Å². The maximum absolute atomic E-state index is 4.55. The van der Waals surface area contributed by atoms with E-state index in [4.69, 9.17) is 0 Å². The van der Waals surface area contributed by atoms with E-state index in [1.807, 2.05) is 41.2 Å². The van der Waals surface area contributed by atoms with Gasteiger partial charge in [0.25, 0.3) is 0 Å². The molecule has 0 saturated carbocycles. The van der Waals surface area contributed by atoms with Crippen molar-refractivity contribution in [1.82, 2.24) is 19.7 Å². The molecule has 1 aliphatic rings. The van der Waals surface area contributed by atoms with Crippen LogP contribution in [-0.4, -0.2) is 32.3 Å². The molecule has 0 aliphatic carbocycles. The Bertz CT molecular complexity index is 780. The molecule has 5 nitrogen and oxygen atoms in total. The second-order valence-corrected chi connectivity index (χ2v) is 5.86. The van der Waals surface area contributed by atoms with Crippen molar-refractivity contribution in [1.29, 1.82) is 0 Å². The third kappa shape index (κ3) is 2.13. The Kier molecular flexibility index (Phi) is 3.25. The molecule has 2 aromatic heterocycles.